The van der Waals surface area contributed by atoms with Gasteiger partial charge in [-0.1, -0.05) is 23.2 Å². The molecule has 1 fully saturated rings. The van der Waals surface area contributed by atoms with Crippen LogP contribution in [0.4, 0.5) is 0 Å². The summed E-state index contributed by atoms with van der Waals surface area (Å²) in [5, 5.41) is 9.86. The fourth-order valence-corrected chi connectivity index (χ4v) is 4.75. The van der Waals surface area contributed by atoms with E-state index in [2.05, 4.69) is 20.9 Å². The molecule has 0 saturated carbocycles. The SMILES string of the molecule is CN=C(NCCC(=O)NC1CCS(=O)(=O)C1)NCc1cc(Cl)c(Cl)n1C.I. The second-order valence-corrected chi connectivity index (χ2v) is 9.10. The molecule has 1 aromatic rings. The Balaban J connectivity index is 0.00000364. The summed E-state index contributed by atoms with van der Waals surface area (Å²) in [5.41, 5.74) is 0.892. The quantitative estimate of drug-likeness (QED) is 0.281. The molecule has 0 aromatic carbocycles. The van der Waals surface area contributed by atoms with Crippen molar-refractivity contribution in [1.29, 1.82) is 0 Å². The molecule has 12 heteroatoms. The fraction of sp³-hybridized carbons (Fsp3) is 0.600. The van der Waals surface area contributed by atoms with Gasteiger partial charge in [0.25, 0.3) is 0 Å². The van der Waals surface area contributed by atoms with Crippen LogP contribution >= 0.6 is 47.2 Å². The molecule has 2 heterocycles. The molecule has 1 aromatic heterocycles. The first-order chi connectivity index (χ1) is 12.2. The lowest BCUT2D eigenvalue weighted by Crippen LogP contribution is -2.41. The van der Waals surface area contributed by atoms with Crippen LogP contribution in [0.1, 0.15) is 18.5 Å². The molecule has 1 unspecified atom stereocenters. The van der Waals surface area contributed by atoms with Gasteiger partial charge in [0, 0.05) is 38.8 Å². The van der Waals surface area contributed by atoms with Gasteiger partial charge in [0.2, 0.25) is 5.91 Å². The number of carbonyl (C=O) groups is 1. The van der Waals surface area contributed by atoms with Gasteiger partial charge in [-0.05, 0) is 12.5 Å². The van der Waals surface area contributed by atoms with Crippen molar-refractivity contribution in [3.63, 3.8) is 0 Å². The zero-order chi connectivity index (χ0) is 19.3. The summed E-state index contributed by atoms with van der Waals surface area (Å²) in [4.78, 5) is 16.0. The van der Waals surface area contributed by atoms with Gasteiger partial charge < -0.3 is 20.5 Å². The molecule has 2 rings (SSSR count). The van der Waals surface area contributed by atoms with Crippen molar-refractivity contribution in [1.82, 2.24) is 20.5 Å². The highest BCUT2D eigenvalue weighted by atomic mass is 127. The number of nitrogens with zero attached hydrogens (tertiary/aromatic N) is 2. The topological polar surface area (TPSA) is 105 Å². The van der Waals surface area contributed by atoms with Crippen molar-refractivity contribution >= 4 is 68.9 Å². The van der Waals surface area contributed by atoms with Crippen LogP contribution in [-0.2, 0) is 28.2 Å². The Bertz CT molecular complexity index is 798. The van der Waals surface area contributed by atoms with Crippen LogP contribution in [0.5, 0.6) is 0 Å². The number of guanidine groups is 1. The average Bonchev–Trinajstić information content (AvgIpc) is 3.04. The van der Waals surface area contributed by atoms with Crippen LogP contribution in [0.3, 0.4) is 0 Å². The Kier molecular flexibility index (Phi) is 9.66. The minimum atomic E-state index is -3.00. The van der Waals surface area contributed by atoms with Crippen molar-refractivity contribution < 1.29 is 13.2 Å². The molecule has 1 saturated heterocycles. The van der Waals surface area contributed by atoms with Crippen LogP contribution in [0.25, 0.3) is 0 Å². The zero-order valence-electron chi connectivity index (χ0n) is 15.1. The van der Waals surface area contributed by atoms with Crippen molar-refractivity contribution in [3.05, 3.63) is 21.9 Å². The molecule has 0 aliphatic carbocycles. The Morgan fingerprint density at radius 3 is 2.59 bits per heavy atom. The molecule has 1 aliphatic rings. The first kappa shape index (κ1) is 24.3. The molecule has 3 N–H and O–H groups in total. The van der Waals surface area contributed by atoms with E-state index < -0.39 is 9.84 Å². The molecule has 27 heavy (non-hydrogen) atoms. The van der Waals surface area contributed by atoms with E-state index in [1.165, 1.54) is 0 Å². The lowest BCUT2D eigenvalue weighted by Gasteiger charge is -2.14. The second-order valence-electron chi connectivity index (χ2n) is 6.10. The average molecular weight is 552 g/mol. The number of aromatic nitrogens is 1. The highest BCUT2D eigenvalue weighted by Gasteiger charge is 2.28. The Hall–Kier alpha value is -0.720. The molecule has 0 bridgehead atoms. The van der Waals surface area contributed by atoms with E-state index in [0.717, 1.165) is 5.69 Å². The Morgan fingerprint density at radius 2 is 2.07 bits per heavy atom. The summed E-state index contributed by atoms with van der Waals surface area (Å²) in [6.07, 6.45) is 0.700. The normalized spacial score (nSPS) is 18.7. The molecule has 0 radical (unpaired) electrons. The van der Waals surface area contributed by atoms with Crippen molar-refractivity contribution in [3.8, 4) is 0 Å². The summed E-state index contributed by atoms with van der Waals surface area (Å²) in [6.45, 7) is 0.842. The van der Waals surface area contributed by atoms with Crippen molar-refractivity contribution in [2.24, 2.45) is 12.0 Å². The Labute approximate surface area is 186 Å². The monoisotopic (exact) mass is 551 g/mol. The second kappa shape index (κ2) is 10.7. The maximum atomic E-state index is 11.9. The number of nitrogens with one attached hydrogen (secondary N) is 3. The largest absolute Gasteiger partial charge is 0.356 e. The lowest BCUT2D eigenvalue weighted by molar-refractivity contribution is -0.121. The lowest BCUT2D eigenvalue weighted by atomic mass is 10.2. The summed E-state index contributed by atoms with van der Waals surface area (Å²) < 4.78 is 24.6. The van der Waals surface area contributed by atoms with Crippen LogP contribution in [0, 0.1) is 0 Å². The molecule has 1 atom stereocenters. The van der Waals surface area contributed by atoms with Gasteiger partial charge in [-0.25, -0.2) is 8.42 Å². The van der Waals surface area contributed by atoms with Gasteiger partial charge in [-0.2, -0.15) is 0 Å². The van der Waals surface area contributed by atoms with Crippen LogP contribution < -0.4 is 16.0 Å². The first-order valence-electron chi connectivity index (χ1n) is 8.15. The highest BCUT2D eigenvalue weighted by Crippen LogP contribution is 2.24. The molecule has 1 amide bonds. The number of carbonyl (C=O) groups excluding carboxylic acids is 1. The maximum Gasteiger partial charge on any atom is 0.222 e. The number of rotatable bonds is 6. The molecule has 1 aliphatic heterocycles. The third-order valence-corrected chi connectivity index (χ3v) is 6.73. The molecule has 0 spiro atoms. The Morgan fingerprint density at radius 1 is 1.37 bits per heavy atom. The number of hydrogen-bond donors (Lipinski definition) is 3. The standard InChI is InChI=1S/C15H23Cl2N5O3S.HI/c1-18-15(20-8-11-7-12(16)14(17)22(11)2)19-5-3-13(23)21-10-4-6-26(24,25)9-10;/h7,10H,3-6,8-9H2,1-2H3,(H,21,23)(H2,18,19,20);1H. The van der Waals surface area contributed by atoms with E-state index in [-0.39, 0.29) is 53.9 Å². The van der Waals surface area contributed by atoms with E-state index in [1.54, 1.807) is 17.7 Å². The summed E-state index contributed by atoms with van der Waals surface area (Å²) in [6, 6.07) is 1.49. The third-order valence-electron chi connectivity index (χ3n) is 4.12. The molecule has 154 valence electrons. The van der Waals surface area contributed by atoms with E-state index in [4.69, 9.17) is 23.2 Å². The smallest absolute Gasteiger partial charge is 0.222 e. The summed E-state index contributed by atoms with van der Waals surface area (Å²) >= 11 is 12.0. The van der Waals surface area contributed by atoms with Gasteiger partial charge in [0.1, 0.15) is 5.15 Å². The predicted octanol–water partition coefficient (Wildman–Crippen LogP) is 1.31. The minimum Gasteiger partial charge on any atom is -0.356 e. The molecule has 8 nitrogen and oxygen atoms in total. The highest BCUT2D eigenvalue weighted by molar-refractivity contribution is 14.0. The zero-order valence-corrected chi connectivity index (χ0v) is 19.7. The van der Waals surface area contributed by atoms with Crippen molar-refractivity contribution in [2.75, 3.05) is 25.1 Å². The molecular formula is C15H24Cl2IN5O3S. The van der Waals surface area contributed by atoms with Crippen LogP contribution in [0.2, 0.25) is 10.2 Å². The van der Waals surface area contributed by atoms with Crippen LogP contribution in [0.15, 0.2) is 11.1 Å². The summed E-state index contributed by atoms with van der Waals surface area (Å²) in [7, 11) is 0.445. The van der Waals surface area contributed by atoms with E-state index in [1.807, 2.05) is 7.05 Å². The summed E-state index contributed by atoms with van der Waals surface area (Å²) in [5.74, 6) is 0.516. The molecular weight excluding hydrogens is 528 g/mol. The van der Waals surface area contributed by atoms with Gasteiger partial charge in [-0.3, -0.25) is 9.79 Å². The van der Waals surface area contributed by atoms with E-state index in [9.17, 15) is 13.2 Å². The fourth-order valence-electron chi connectivity index (χ4n) is 2.66. The van der Waals surface area contributed by atoms with Gasteiger partial charge in [0.15, 0.2) is 15.8 Å². The van der Waals surface area contributed by atoms with E-state index in [0.29, 0.717) is 35.6 Å². The van der Waals surface area contributed by atoms with Gasteiger partial charge in [0.05, 0.1) is 23.1 Å². The maximum absolute atomic E-state index is 11.9. The number of sulfone groups is 1. The van der Waals surface area contributed by atoms with Gasteiger partial charge in [-0.15, -0.1) is 24.0 Å². The first-order valence-corrected chi connectivity index (χ1v) is 10.7. The number of aliphatic imine (C=N–C) groups is 1. The van der Waals surface area contributed by atoms with Gasteiger partial charge >= 0.3 is 0 Å². The third kappa shape index (κ3) is 7.31. The number of amides is 1. The van der Waals surface area contributed by atoms with Crippen molar-refractivity contribution in [2.45, 2.75) is 25.4 Å². The minimum absolute atomic E-state index is 0. The number of hydrogen-bond acceptors (Lipinski definition) is 4. The van der Waals surface area contributed by atoms with E-state index >= 15 is 0 Å². The van der Waals surface area contributed by atoms with Crippen LogP contribution in [-0.4, -0.2) is 56.0 Å². The number of halogens is 3. The predicted molar refractivity (Wildman–Crippen MR) is 119 cm³/mol.